The van der Waals surface area contributed by atoms with E-state index in [1.807, 2.05) is 0 Å². The van der Waals surface area contributed by atoms with Crippen LogP contribution in [-0.2, 0) is 0 Å². The summed E-state index contributed by atoms with van der Waals surface area (Å²) >= 11 is 0.484. The average molecular weight is 173 g/mol. The van der Waals surface area contributed by atoms with Crippen LogP contribution in [0.15, 0.2) is 0 Å². The quantitative estimate of drug-likeness (QED) is 0.442. The van der Waals surface area contributed by atoms with Gasteiger partial charge in [0.25, 0.3) is 0 Å². The van der Waals surface area contributed by atoms with E-state index < -0.39 is 0 Å². The van der Waals surface area contributed by atoms with Gasteiger partial charge in [0, 0.05) is 0 Å². The second-order valence-corrected chi connectivity index (χ2v) is 4.70. The van der Waals surface area contributed by atoms with Crippen molar-refractivity contribution in [3.63, 3.8) is 0 Å². The van der Waals surface area contributed by atoms with E-state index in [4.69, 9.17) is 0 Å². The van der Waals surface area contributed by atoms with E-state index in [1.54, 1.807) is 5.25 Å². The first-order chi connectivity index (χ1) is 3.91. The third-order valence-corrected chi connectivity index (χ3v) is 3.07. The summed E-state index contributed by atoms with van der Waals surface area (Å²) in [7, 11) is 0. The minimum absolute atomic E-state index is 0.484. The average Bonchev–Trinajstić information content (AvgIpc) is 1.81. The summed E-state index contributed by atoms with van der Waals surface area (Å²) in [5, 5.41) is 1.56. The van der Waals surface area contributed by atoms with Gasteiger partial charge >= 0.3 is 59.0 Å². The Kier molecular flexibility index (Phi) is 8.05. The molecule has 8 heavy (non-hydrogen) atoms. The summed E-state index contributed by atoms with van der Waals surface area (Å²) in [4.78, 5) is 0. The van der Waals surface area contributed by atoms with E-state index in [0.717, 1.165) is 0 Å². The molecule has 48 valence electrons. The zero-order valence-corrected chi connectivity index (χ0v) is 8.13. The maximum atomic E-state index is 2.38. The Morgan fingerprint density at radius 2 is 1.88 bits per heavy atom. The molecular weight excluding hydrogens is 157 g/mol. The normalized spacial score (nSPS) is 9.75. The standard InChI is InChI=1S/C7H16Ge/c1-3-4-5-6-7-8-2/h3-7H2,1-2H3. The summed E-state index contributed by atoms with van der Waals surface area (Å²) in [5.41, 5.74) is 0. The third-order valence-electron chi connectivity index (χ3n) is 1.28. The molecule has 0 aromatic carbocycles. The molecule has 1 heteroatoms. The summed E-state index contributed by atoms with van der Waals surface area (Å²) in [6.45, 7) is 2.27. The second-order valence-electron chi connectivity index (χ2n) is 2.16. The van der Waals surface area contributed by atoms with Gasteiger partial charge in [-0.1, -0.05) is 0 Å². The molecule has 0 rings (SSSR count). The van der Waals surface area contributed by atoms with Gasteiger partial charge in [-0.2, -0.15) is 0 Å². The van der Waals surface area contributed by atoms with Crippen molar-refractivity contribution in [1.82, 2.24) is 0 Å². The van der Waals surface area contributed by atoms with E-state index in [9.17, 15) is 0 Å². The predicted octanol–water partition coefficient (Wildman–Crippen LogP) is 2.74. The third kappa shape index (κ3) is 6.54. The van der Waals surface area contributed by atoms with Crippen LogP contribution >= 0.6 is 0 Å². The Morgan fingerprint density at radius 1 is 1.12 bits per heavy atom. The van der Waals surface area contributed by atoms with Gasteiger partial charge in [-0.25, -0.2) is 0 Å². The Morgan fingerprint density at radius 3 is 2.38 bits per heavy atom. The van der Waals surface area contributed by atoms with Crippen molar-refractivity contribution < 1.29 is 0 Å². The van der Waals surface area contributed by atoms with Gasteiger partial charge in [0.2, 0.25) is 0 Å². The van der Waals surface area contributed by atoms with Crippen LogP contribution in [0, 0.1) is 0 Å². The van der Waals surface area contributed by atoms with E-state index in [1.165, 1.54) is 25.7 Å². The van der Waals surface area contributed by atoms with Crippen LogP contribution in [-0.4, -0.2) is 15.4 Å². The van der Waals surface area contributed by atoms with Crippen LogP contribution in [0.1, 0.15) is 32.6 Å². The first-order valence-electron chi connectivity index (χ1n) is 3.56. The first-order valence-corrected chi connectivity index (χ1v) is 7.14. The monoisotopic (exact) mass is 174 g/mol. The molecule has 0 bridgehead atoms. The first kappa shape index (κ1) is 8.54. The number of unbranched alkanes of at least 4 members (excludes halogenated alkanes) is 3. The summed E-state index contributed by atoms with van der Waals surface area (Å²) in [6, 6.07) is 0. The molecule has 0 amide bonds. The van der Waals surface area contributed by atoms with Gasteiger partial charge < -0.3 is 0 Å². The molecular formula is C7H16Ge. The molecule has 0 saturated carbocycles. The van der Waals surface area contributed by atoms with Gasteiger partial charge in [-0.15, -0.1) is 0 Å². The molecule has 0 aliphatic rings. The fourth-order valence-corrected chi connectivity index (χ4v) is 1.99. The molecule has 0 aromatic rings. The van der Waals surface area contributed by atoms with Crippen LogP contribution < -0.4 is 0 Å². The number of hydrogen-bond acceptors (Lipinski definition) is 0. The van der Waals surface area contributed by atoms with Crippen LogP contribution in [0.5, 0.6) is 0 Å². The number of hydrogen-bond donors (Lipinski definition) is 0. The van der Waals surface area contributed by atoms with Crippen LogP contribution in [0.2, 0.25) is 11.0 Å². The van der Waals surface area contributed by atoms with Gasteiger partial charge in [0.05, 0.1) is 0 Å². The maximum absolute atomic E-state index is 2.38. The molecule has 0 nitrogen and oxygen atoms in total. The molecule has 0 aliphatic carbocycles. The summed E-state index contributed by atoms with van der Waals surface area (Å²) in [5.74, 6) is 2.38. The van der Waals surface area contributed by atoms with E-state index in [-0.39, 0.29) is 0 Å². The fourth-order valence-electron chi connectivity index (χ4n) is 0.729. The summed E-state index contributed by atoms with van der Waals surface area (Å²) < 4.78 is 0. The molecule has 0 fully saturated rings. The predicted molar refractivity (Wildman–Crippen MR) is 40.6 cm³/mol. The van der Waals surface area contributed by atoms with Gasteiger partial charge in [-0.05, 0) is 0 Å². The van der Waals surface area contributed by atoms with E-state index in [2.05, 4.69) is 12.7 Å². The number of rotatable bonds is 5. The van der Waals surface area contributed by atoms with Gasteiger partial charge in [0.15, 0.2) is 0 Å². The van der Waals surface area contributed by atoms with Crippen molar-refractivity contribution in [3.05, 3.63) is 0 Å². The minimum atomic E-state index is 0.484. The van der Waals surface area contributed by atoms with E-state index in [0.29, 0.717) is 15.4 Å². The Bertz CT molecular complexity index is 29.4. The van der Waals surface area contributed by atoms with Crippen molar-refractivity contribution >= 4 is 15.4 Å². The van der Waals surface area contributed by atoms with Crippen molar-refractivity contribution in [2.75, 3.05) is 0 Å². The van der Waals surface area contributed by atoms with Gasteiger partial charge in [0.1, 0.15) is 0 Å². The van der Waals surface area contributed by atoms with E-state index >= 15 is 0 Å². The molecule has 2 radical (unpaired) electrons. The topological polar surface area (TPSA) is 0 Å². The van der Waals surface area contributed by atoms with Crippen LogP contribution in [0.3, 0.4) is 0 Å². The fraction of sp³-hybridized carbons (Fsp3) is 1.00. The van der Waals surface area contributed by atoms with Crippen LogP contribution in [0.25, 0.3) is 0 Å². The van der Waals surface area contributed by atoms with Crippen molar-refractivity contribution in [2.24, 2.45) is 0 Å². The van der Waals surface area contributed by atoms with Crippen molar-refractivity contribution in [2.45, 2.75) is 43.6 Å². The summed E-state index contributed by atoms with van der Waals surface area (Å²) in [6.07, 6.45) is 5.81. The molecule has 0 spiro atoms. The zero-order chi connectivity index (χ0) is 6.24. The molecule has 0 saturated heterocycles. The molecule has 0 aromatic heterocycles. The van der Waals surface area contributed by atoms with Crippen LogP contribution in [0.4, 0.5) is 0 Å². The zero-order valence-electron chi connectivity index (χ0n) is 6.04. The van der Waals surface area contributed by atoms with Gasteiger partial charge in [-0.3, -0.25) is 0 Å². The Hall–Kier alpha value is 0.543. The molecule has 0 N–H and O–H groups in total. The SMILES string of the molecule is CCCCC[CH2][Ge][CH3]. The molecule has 0 unspecified atom stereocenters. The Labute approximate surface area is 59.5 Å². The molecule has 0 heterocycles. The van der Waals surface area contributed by atoms with Crippen molar-refractivity contribution in [1.29, 1.82) is 0 Å². The molecule has 0 aliphatic heterocycles. The molecule has 0 atom stereocenters. The second kappa shape index (κ2) is 7.54. The van der Waals surface area contributed by atoms with Crippen molar-refractivity contribution in [3.8, 4) is 0 Å². The Balaban J connectivity index is 2.53.